The number of aliphatic carboxylic acids is 1. The molecule has 0 saturated carbocycles. The van der Waals surface area contributed by atoms with Crippen molar-refractivity contribution >= 4 is 29.3 Å². The molecule has 9 heteroatoms. The molecule has 2 aliphatic rings. The van der Waals surface area contributed by atoms with Gasteiger partial charge in [0.15, 0.2) is 0 Å². The molecule has 1 saturated heterocycles. The minimum atomic E-state index is -0.911. The number of amides is 3. The molecule has 2 aliphatic heterocycles. The number of aryl methyl sites for hydroxylation is 1. The topological polar surface area (TPSA) is 117 Å². The van der Waals surface area contributed by atoms with E-state index in [0.717, 1.165) is 5.56 Å². The zero-order valence-electron chi connectivity index (χ0n) is 18.5. The van der Waals surface area contributed by atoms with Crippen LogP contribution in [0.2, 0.25) is 0 Å². The molecular weight excluding hydrogens is 426 g/mol. The van der Waals surface area contributed by atoms with E-state index in [-0.39, 0.29) is 25.0 Å². The van der Waals surface area contributed by atoms with Gasteiger partial charge in [-0.15, -0.1) is 0 Å². The molecule has 0 radical (unpaired) electrons. The Balaban J connectivity index is 1.48. The molecule has 2 heterocycles. The van der Waals surface area contributed by atoms with Crippen LogP contribution in [0.5, 0.6) is 5.75 Å². The maximum atomic E-state index is 13.2. The number of carboxylic acid groups (broad SMARTS) is 1. The normalized spacial score (nSPS) is 22.2. The van der Waals surface area contributed by atoms with Crippen molar-refractivity contribution < 1.29 is 29.0 Å². The van der Waals surface area contributed by atoms with Gasteiger partial charge in [0.25, 0.3) is 5.91 Å². The Hall–Kier alpha value is -3.59. The molecule has 3 atom stereocenters. The molecule has 2 aromatic carbocycles. The van der Waals surface area contributed by atoms with Gasteiger partial charge in [-0.05, 0) is 50.1 Å². The average Bonchev–Trinajstić information content (AvgIpc) is 2.78. The van der Waals surface area contributed by atoms with Crippen molar-refractivity contribution in [1.82, 2.24) is 4.90 Å². The number of nitrogens with one attached hydrogen (secondary N) is 2. The second kappa shape index (κ2) is 9.50. The minimum Gasteiger partial charge on any atom is -0.490 e. The number of hydrogen-bond acceptors (Lipinski definition) is 5. The Bertz CT molecular complexity index is 1050. The molecule has 9 nitrogen and oxygen atoms in total. The molecule has 33 heavy (non-hydrogen) atoms. The van der Waals surface area contributed by atoms with Crippen LogP contribution in [0.25, 0.3) is 0 Å². The summed E-state index contributed by atoms with van der Waals surface area (Å²) < 4.78 is 11.8. The lowest BCUT2D eigenvalue weighted by Gasteiger charge is -2.42. The summed E-state index contributed by atoms with van der Waals surface area (Å²) in [5, 5.41) is 14.6. The summed E-state index contributed by atoms with van der Waals surface area (Å²) in [6, 6.07) is 11.7. The van der Waals surface area contributed by atoms with Crippen molar-refractivity contribution in [2.45, 2.75) is 44.4 Å². The number of benzene rings is 2. The predicted molar refractivity (Wildman–Crippen MR) is 122 cm³/mol. The SMILES string of the molecule is Cc1ccc(NC(=O)Nc2ccc3c(c2)C(=O)N(C)[C@H]2CC[C@H](CC(=O)O)O[C@@H]2CO3)cc1. The van der Waals surface area contributed by atoms with Gasteiger partial charge in [0.05, 0.1) is 24.1 Å². The number of carboxylic acids is 1. The van der Waals surface area contributed by atoms with Crippen LogP contribution in [-0.4, -0.2) is 59.8 Å². The first kappa shape index (κ1) is 22.6. The highest BCUT2D eigenvalue weighted by atomic mass is 16.5. The first-order chi connectivity index (χ1) is 15.8. The Morgan fingerprint density at radius 1 is 1.09 bits per heavy atom. The molecule has 1 fully saturated rings. The standard InChI is InChI=1S/C24H27N3O6/c1-14-3-5-15(6-4-14)25-24(31)26-16-7-10-20-18(11-16)23(30)27(2)19-9-8-17(12-22(28)29)33-21(19)13-32-20/h3-7,10-11,17,19,21H,8-9,12-13H2,1-2H3,(H,28,29)(H2,25,26,31)/t17-,19+,21-/m1/s1. The first-order valence-corrected chi connectivity index (χ1v) is 10.9. The van der Waals surface area contributed by atoms with Crippen molar-refractivity contribution in [1.29, 1.82) is 0 Å². The molecule has 0 spiro atoms. The molecule has 0 aromatic heterocycles. The van der Waals surface area contributed by atoms with Gasteiger partial charge < -0.3 is 30.1 Å². The van der Waals surface area contributed by atoms with E-state index in [1.807, 2.05) is 31.2 Å². The molecule has 0 aliphatic carbocycles. The van der Waals surface area contributed by atoms with Crippen molar-refractivity contribution in [2.24, 2.45) is 0 Å². The average molecular weight is 453 g/mol. The number of likely N-dealkylation sites (N-methyl/N-ethyl adjacent to an activating group) is 1. The first-order valence-electron chi connectivity index (χ1n) is 10.9. The third kappa shape index (κ3) is 5.25. The van der Waals surface area contributed by atoms with E-state index < -0.39 is 24.2 Å². The highest BCUT2D eigenvalue weighted by Crippen LogP contribution is 2.32. The van der Waals surface area contributed by atoms with E-state index >= 15 is 0 Å². The molecule has 3 amide bonds. The van der Waals surface area contributed by atoms with E-state index in [2.05, 4.69) is 10.6 Å². The summed E-state index contributed by atoms with van der Waals surface area (Å²) in [5.74, 6) is -0.771. The molecule has 4 rings (SSSR count). The summed E-state index contributed by atoms with van der Waals surface area (Å²) in [6.07, 6.45) is 0.299. The summed E-state index contributed by atoms with van der Waals surface area (Å²) in [5.41, 5.74) is 2.56. The van der Waals surface area contributed by atoms with Crippen molar-refractivity contribution in [3.8, 4) is 5.75 Å². The monoisotopic (exact) mass is 453 g/mol. The third-order valence-electron chi connectivity index (χ3n) is 5.98. The van der Waals surface area contributed by atoms with Gasteiger partial charge in [0.2, 0.25) is 0 Å². The zero-order chi connectivity index (χ0) is 23.5. The van der Waals surface area contributed by atoms with Gasteiger partial charge in [-0.3, -0.25) is 9.59 Å². The van der Waals surface area contributed by atoms with Gasteiger partial charge in [0.1, 0.15) is 18.5 Å². The number of nitrogens with zero attached hydrogens (tertiary/aromatic N) is 1. The van der Waals surface area contributed by atoms with Crippen molar-refractivity contribution in [3.05, 3.63) is 53.6 Å². The quantitative estimate of drug-likeness (QED) is 0.652. The van der Waals surface area contributed by atoms with Gasteiger partial charge in [-0.1, -0.05) is 17.7 Å². The summed E-state index contributed by atoms with van der Waals surface area (Å²) in [4.78, 5) is 38.3. The van der Waals surface area contributed by atoms with Gasteiger partial charge in [0, 0.05) is 18.4 Å². The lowest BCUT2D eigenvalue weighted by Crippen LogP contribution is -2.53. The lowest BCUT2D eigenvalue weighted by atomic mass is 9.94. The number of rotatable bonds is 4. The van der Waals surface area contributed by atoms with Crippen LogP contribution in [0.15, 0.2) is 42.5 Å². The molecule has 3 N–H and O–H groups in total. The van der Waals surface area contributed by atoms with E-state index in [4.69, 9.17) is 14.6 Å². The fraction of sp³-hybridized carbons (Fsp3) is 0.375. The fourth-order valence-corrected chi connectivity index (χ4v) is 4.23. The van der Waals surface area contributed by atoms with E-state index in [9.17, 15) is 14.4 Å². The largest absolute Gasteiger partial charge is 0.490 e. The number of anilines is 2. The van der Waals surface area contributed by atoms with Crippen molar-refractivity contribution in [2.75, 3.05) is 24.3 Å². The second-order valence-corrected chi connectivity index (χ2v) is 8.42. The summed E-state index contributed by atoms with van der Waals surface area (Å²) in [7, 11) is 1.71. The molecule has 0 bridgehead atoms. The van der Waals surface area contributed by atoms with Crippen molar-refractivity contribution in [3.63, 3.8) is 0 Å². The third-order valence-corrected chi connectivity index (χ3v) is 5.98. The van der Waals surface area contributed by atoms with Crippen LogP contribution in [0.3, 0.4) is 0 Å². The number of hydrogen-bond donors (Lipinski definition) is 3. The highest BCUT2D eigenvalue weighted by Gasteiger charge is 2.39. The summed E-state index contributed by atoms with van der Waals surface area (Å²) in [6.45, 7) is 2.17. The van der Waals surface area contributed by atoms with E-state index in [1.54, 1.807) is 30.1 Å². The highest BCUT2D eigenvalue weighted by molar-refractivity contribution is 6.02. The summed E-state index contributed by atoms with van der Waals surface area (Å²) >= 11 is 0. The lowest BCUT2D eigenvalue weighted by molar-refractivity contribution is -0.148. The van der Waals surface area contributed by atoms with Crippen LogP contribution in [0, 0.1) is 6.92 Å². The molecule has 174 valence electrons. The van der Waals surface area contributed by atoms with Crippen LogP contribution < -0.4 is 15.4 Å². The molecule has 2 aromatic rings. The molecule has 0 unspecified atom stereocenters. The zero-order valence-corrected chi connectivity index (χ0v) is 18.5. The smallest absolute Gasteiger partial charge is 0.323 e. The Morgan fingerprint density at radius 2 is 1.79 bits per heavy atom. The number of fused-ring (bicyclic) bond motifs is 2. The maximum absolute atomic E-state index is 13.2. The van der Waals surface area contributed by atoms with Crippen LogP contribution in [-0.2, 0) is 9.53 Å². The number of carbonyl (C=O) groups is 3. The van der Waals surface area contributed by atoms with Crippen LogP contribution in [0.1, 0.15) is 35.2 Å². The fourth-order valence-electron chi connectivity index (χ4n) is 4.23. The van der Waals surface area contributed by atoms with Gasteiger partial charge in [-0.2, -0.15) is 0 Å². The Morgan fingerprint density at radius 3 is 2.52 bits per heavy atom. The number of urea groups is 1. The Kier molecular flexibility index (Phi) is 6.50. The minimum absolute atomic E-state index is 0.0723. The number of ether oxygens (including phenoxy) is 2. The van der Waals surface area contributed by atoms with Gasteiger partial charge >= 0.3 is 12.0 Å². The second-order valence-electron chi connectivity index (χ2n) is 8.42. The van der Waals surface area contributed by atoms with E-state index in [0.29, 0.717) is 35.5 Å². The van der Waals surface area contributed by atoms with Crippen LogP contribution >= 0.6 is 0 Å². The Labute approximate surface area is 191 Å². The number of carbonyl (C=O) groups excluding carboxylic acids is 2. The molecular formula is C24H27N3O6. The maximum Gasteiger partial charge on any atom is 0.323 e. The van der Waals surface area contributed by atoms with Crippen LogP contribution in [0.4, 0.5) is 16.2 Å². The predicted octanol–water partition coefficient (Wildman–Crippen LogP) is 3.49. The van der Waals surface area contributed by atoms with E-state index in [1.165, 1.54) is 0 Å². The van der Waals surface area contributed by atoms with Gasteiger partial charge in [-0.25, -0.2) is 4.79 Å².